The third kappa shape index (κ3) is 2.58. The fraction of sp³-hybridized carbons (Fsp3) is 0.417. The lowest BCUT2D eigenvalue weighted by Gasteiger charge is -2.15. The van der Waals surface area contributed by atoms with Crippen LogP contribution < -0.4 is 0 Å². The minimum absolute atomic E-state index is 0.238. The minimum Gasteiger partial charge on any atom is -0.261 e. The van der Waals surface area contributed by atoms with Crippen molar-refractivity contribution in [2.45, 2.75) is 31.1 Å². The van der Waals surface area contributed by atoms with Crippen LogP contribution in [0, 0.1) is 0 Å². The van der Waals surface area contributed by atoms with Crippen molar-refractivity contribution in [1.82, 2.24) is 4.98 Å². The van der Waals surface area contributed by atoms with E-state index in [1.807, 2.05) is 18.3 Å². The molecule has 1 aromatic rings. The maximum atomic E-state index is 6.08. The molecule has 0 saturated carbocycles. The van der Waals surface area contributed by atoms with E-state index in [1.165, 1.54) is 18.4 Å². The summed E-state index contributed by atoms with van der Waals surface area (Å²) in [6.45, 7) is 0. The van der Waals surface area contributed by atoms with E-state index in [9.17, 15) is 0 Å². The Morgan fingerprint density at radius 2 is 2.36 bits per heavy atom. The highest BCUT2D eigenvalue weighted by atomic mass is 35.5. The lowest BCUT2D eigenvalue weighted by atomic mass is 9.95. The fourth-order valence-electron chi connectivity index (χ4n) is 1.83. The largest absolute Gasteiger partial charge is 0.261 e. The number of halogens is 1. The zero-order chi connectivity index (χ0) is 9.80. The normalized spacial score (nSPS) is 21.8. The summed E-state index contributed by atoms with van der Waals surface area (Å²) in [5.74, 6) is 0. The molecule has 0 N–H and O–H groups in total. The zero-order valence-corrected chi connectivity index (χ0v) is 8.87. The van der Waals surface area contributed by atoms with Crippen molar-refractivity contribution in [3.8, 4) is 0 Å². The second-order valence-corrected chi connectivity index (χ2v) is 4.29. The number of allylic oxidation sites excluding steroid dienone is 2. The fourth-order valence-corrected chi connectivity index (χ4v) is 2.16. The van der Waals surface area contributed by atoms with Gasteiger partial charge in [0.2, 0.25) is 0 Å². The number of hydrogen-bond donors (Lipinski definition) is 0. The van der Waals surface area contributed by atoms with Crippen molar-refractivity contribution in [3.63, 3.8) is 0 Å². The molecule has 0 saturated heterocycles. The molecule has 0 aliphatic heterocycles. The van der Waals surface area contributed by atoms with Gasteiger partial charge in [-0.2, -0.15) is 0 Å². The van der Waals surface area contributed by atoms with E-state index in [1.54, 1.807) is 0 Å². The average Bonchev–Trinajstić information content (AvgIpc) is 2.19. The molecular formula is C12H14ClN. The third-order valence-electron chi connectivity index (χ3n) is 2.53. The summed E-state index contributed by atoms with van der Waals surface area (Å²) >= 11 is 6.08. The molecule has 0 radical (unpaired) electrons. The monoisotopic (exact) mass is 207 g/mol. The van der Waals surface area contributed by atoms with E-state index < -0.39 is 0 Å². The molecule has 14 heavy (non-hydrogen) atoms. The molecule has 1 aliphatic carbocycles. The molecule has 1 nitrogen and oxygen atoms in total. The topological polar surface area (TPSA) is 12.9 Å². The van der Waals surface area contributed by atoms with Crippen molar-refractivity contribution in [1.29, 1.82) is 0 Å². The Bertz CT molecular complexity index is 318. The van der Waals surface area contributed by atoms with Crippen molar-refractivity contribution in [2.24, 2.45) is 0 Å². The zero-order valence-electron chi connectivity index (χ0n) is 8.12. The maximum Gasteiger partial charge on any atom is 0.0518 e. The molecule has 74 valence electrons. The second kappa shape index (κ2) is 4.61. The molecule has 0 fully saturated rings. The quantitative estimate of drug-likeness (QED) is 0.536. The third-order valence-corrected chi connectivity index (χ3v) is 2.87. The molecule has 1 aromatic heterocycles. The van der Waals surface area contributed by atoms with Gasteiger partial charge in [0.25, 0.3) is 0 Å². The van der Waals surface area contributed by atoms with E-state index in [0.29, 0.717) is 0 Å². The Morgan fingerprint density at radius 1 is 1.43 bits per heavy atom. The molecule has 0 spiro atoms. The molecule has 1 aliphatic rings. The van der Waals surface area contributed by atoms with Gasteiger partial charge in [0.05, 0.1) is 5.38 Å². The van der Waals surface area contributed by atoms with Crippen molar-refractivity contribution >= 4 is 11.6 Å². The lowest BCUT2D eigenvalue weighted by Crippen LogP contribution is -2.05. The molecule has 0 bridgehead atoms. The first-order chi connectivity index (χ1) is 6.84. The van der Waals surface area contributed by atoms with Gasteiger partial charge in [0.15, 0.2) is 0 Å². The molecule has 0 aromatic carbocycles. The van der Waals surface area contributed by atoms with Crippen LogP contribution in [-0.4, -0.2) is 10.4 Å². The number of hydrogen-bond acceptors (Lipinski definition) is 1. The number of pyridine rings is 1. The molecule has 0 amide bonds. The summed E-state index contributed by atoms with van der Waals surface area (Å²) in [6, 6.07) is 6.05. The van der Waals surface area contributed by atoms with Crippen molar-refractivity contribution in [2.75, 3.05) is 0 Å². The Kier molecular flexibility index (Phi) is 3.20. The summed E-state index contributed by atoms with van der Waals surface area (Å²) in [5, 5.41) is 0.238. The Labute approximate surface area is 89.8 Å². The Hall–Kier alpha value is -0.820. The number of rotatable bonds is 2. The number of nitrogens with zero attached hydrogens (tertiary/aromatic N) is 1. The molecule has 2 rings (SSSR count). The smallest absolute Gasteiger partial charge is 0.0518 e. The van der Waals surface area contributed by atoms with Gasteiger partial charge < -0.3 is 0 Å². The van der Waals surface area contributed by atoms with Crippen molar-refractivity contribution in [3.05, 3.63) is 41.7 Å². The van der Waals surface area contributed by atoms with E-state index >= 15 is 0 Å². The summed E-state index contributed by atoms with van der Waals surface area (Å²) in [6.07, 6.45) is 8.51. The van der Waals surface area contributed by atoms with Crippen LogP contribution in [-0.2, 0) is 6.42 Å². The minimum atomic E-state index is 0.238. The SMILES string of the molecule is ClC1C=C(Cc2ccccn2)CCC1. The highest BCUT2D eigenvalue weighted by Gasteiger charge is 2.11. The Morgan fingerprint density at radius 3 is 3.07 bits per heavy atom. The highest BCUT2D eigenvalue weighted by molar-refractivity contribution is 6.21. The maximum absolute atomic E-state index is 6.08. The summed E-state index contributed by atoms with van der Waals surface area (Å²) < 4.78 is 0. The van der Waals surface area contributed by atoms with Gasteiger partial charge in [-0.05, 0) is 31.4 Å². The second-order valence-electron chi connectivity index (χ2n) is 3.73. The van der Waals surface area contributed by atoms with Crippen LogP contribution >= 0.6 is 11.6 Å². The lowest BCUT2D eigenvalue weighted by molar-refractivity contribution is 0.691. The van der Waals surface area contributed by atoms with Crippen LogP contribution in [0.25, 0.3) is 0 Å². The van der Waals surface area contributed by atoms with Gasteiger partial charge in [-0.25, -0.2) is 0 Å². The molecule has 1 unspecified atom stereocenters. The van der Waals surface area contributed by atoms with Gasteiger partial charge in [-0.3, -0.25) is 4.98 Å². The molecule has 1 atom stereocenters. The molecule has 1 heterocycles. The van der Waals surface area contributed by atoms with Crippen LogP contribution in [0.15, 0.2) is 36.0 Å². The highest BCUT2D eigenvalue weighted by Crippen LogP contribution is 2.23. The van der Waals surface area contributed by atoms with E-state index in [4.69, 9.17) is 11.6 Å². The van der Waals surface area contributed by atoms with Crippen LogP contribution in [0.1, 0.15) is 25.0 Å². The molecular weight excluding hydrogens is 194 g/mol. The summed E-state index contributed by atoms with van der Waals surface area (Å²) in [5.41, 5.74) is 2.58. The van der Waals surface area contributed by atoms with E-state index in [-0.39, 0.29) is 5.38 Å². The van der Waals surface area contributed by atoms with Crippen LogP contribution in [0.4, 0.5) is 0 Å². The standard InChI is InChI=1S/C12H14ClN/c13-11-5-3-4-10(8-11)9-12-6-1-2-7-14-12/h1-2,6-8,11H,3-5,9H2. The van der Waals surface area contributed by atoms with Crippen LogP contribution in [0.5, 0.6) is 0 Å². The first kappa shape index (κ1) is 9.72. The Balaban J connectivity index is 2.04. The predicted molar refractivity (Wildman–Crippen MR) is 59.5 cm³/mol. The van der Waals surface area contributed by atoms with Gasteiger partial charge in [0, 0.05) is 18.3 Å². The predicted octanol–water partition coefficient (Wildman–Crippen LogP) is 3.34. The van der Waals surface area contributed by atoms with Gasteiger partial charge >= 0.3 is 0 Å². The van der Waals surface area contributed by atoms with Gasteiger partial charge in [-0.15, -0.1) is 11.6 Å². The van der Waals surface area contributed by atoms with Crippen LogP contribution in [0.3, 0.4) is 0 Å². The molecule has 2 heteroatoms. The summed E-state index contributed by atoms with van der Waals surface area (Å²) in [7, 11) is 0. The average molecular weight is 208 g/mol. The first-order valence-corrected chi connectivity index (χ1v) is 5.52. The van der Waals surface area contributed by atoms with Crippen LogP contribution in [0.2, 0.25) is 0 Å². The van der Waals surface area contributed by atoms with E-state index in [0.717, 1.165) is 18.5 Å². The number of alkyl halides is 1. The van der Waals surface area contributed by atoms with Gasteiger partial charge in [-0.1, -0.05) is 17.7 Å². The van der Waals surface area contributed by atoms with E-state index in [2.05, 4.69) is 17.1 Å². The number of aromatic nitrogens is 1. The first-order valence-electron chi connectivity index (χ1n) is 5.08. The van der Waals surface area contributed by atoms with Gasteiger partial charge in [0.1, 0.15) is 0 Å². The summed E-state index contributed by atoms with van der Waals surface area (Å²) in [4.78, 5) is 4.31. The van der Waals surface area contributed by atoms with Crippen molar-refractivity contribution < 1.29 is 0 Å².